The molecule has 1 aliphatic heterocycles. The third-order valence-corrected chi connectivity index (χ3v) is 7.14. The summed E-state index contributed by atoms with van der Waals surface area (Å²) >= 11 is 7.28. The largest absolute Gasteiger partial charge is 0.468 e. The molecule has 188 valence electrons. The van der Waals surface area contributed by atoms with E-state index in [0.717, 1.165) is 17.3 Å². The highest BCUT2D eigenvalue weighted by molar-refractivity contribution is 8.03. The van der Waals surface area contributed by atoms with Crippen molar-refractivity contribution in [3.8, 4) is 6.07 Å². The van der Waals surface area contributed by atoms with Gasteiger partial charge in [-0.25, -0.2) is 4.39 Å². The molecule has 1 atom stereocenters. The Bertz CT molecular complexity index is 1440. The van der Waals surface area contributed by atoms with Crippen molar-refractivity contribution in [2.75, 3.05) is 16.4 Å². The van der Waals surface area contributed by atoms with Crippen LogP contribution in [0.3, 0.4) is 0 Å². The summed E-state index contributed by atoms with van der Waals surface area (Å²) in [5.41, 5.74) is 2.77. The molecule has 37 heavy (non-hydrogen) atoms. The zero-order valence-electron chi connectivity index (χ0n) is 19.9. The maximum atomic E-state index is 13.3. The predicted octanol–water partition coefficient (Wildman–Crippen LogP) is 6.09. The van der Waals surface area contributed by atoms with Crippen LogP contribution in [-0.2, 0) is 9.59 Å². The van der Waals surface area contributed by atoms with Crippen molar-refractivity contribution in [3.05, 3.63) is 105 Å². The van der Waals surface area contributed by atoms with Crippen LogP contribution in [0.15, 0.2) is 87.1 Å². The molecule has 2 amide bonds. The molecule has 0 saturated heterocycles. The Labute approximate surface area is 222 Å². The molecule has 1 aliphatic rings. The predicted molar refractivity (Wildman–Crippen MR) is 142 cm³/mol. The van der Waals surface area contributed by atoms with E-state index in [9.17, 15) is 19.2 Å². The fourth-order valence-corrected chi connectivity index (χ4v) is 4.93. The number of rotatable bonds is 7. The van der Waals surface area contributed by atoms with Crippen LogP contribution in [0.4, 0.5) is 15.8 Å². The molecular formula is C27H22ClFN4O3S. The molecule has 2 heterocycles. The molecule has 0 radical (unpaired) electrons. The van der Waals surface area contributed by atoms with Crippen molar-refractivity contribution >= 4 is 46.6 Å². The Morgan fingerprint density at radius 2 is 1.89 bits per heavy atom. The summed E-state index contributed by atoms with van der Waals surface area (Å²) in [5.74, 6) is -1.57. The second-order valence-corrected chi connectivity index (χ2v) is 9.57. The quantitative estimate of drug-likeness (QED) is 0.337. The van der Waals surface area contributed by atoms with Crippen LogP contribution < -0.4 is 16.0 Å². The van der Waals surface area contributed by atoms with Gasteiger partial charge in [0.1, 0.15) is 11.6 Å². The molecule has 0 spiro atoms. The van der Waals surface area contributed by atoms with Crippen molar-refractivity contribution in [2.24, 2.45) is 0 Å². The number of dihydropyridines is 1. The van der Waals surface area contributed by atoms with Crippen molar-refractivity contribution in [1.82, 2.24) is 5.32 Å². The lowest BCUT2D eigenvalue weighted by atomic mass is 9.85. The molecule has 10 heteroatoms. The molecule has 2 aromatic carbocycles. The van der Waals surface area contributed by atoms with E-state index in [1.165, 1.54) is 30.5 Å². The molecule has 3 N–H and O–H groups in total. The number of anilines is 2. The molecule has 4 rings (SSSR count). The van der Waals surface area contributed by atoms with Crippen molar-refractivity contribution in [1.29, 1.82) is 5.26 Å². The first kappa shape index (κ1) is 26.1. The Morgan fingerprint density at radius 1 is 1.14 bits per heavy atom. The first-order valence-electron chi connectivity index (χ1n) is 11.2. The van der Waals surface area contributed by atoms with E-state index in [2.05, 4.69) is 22.0 Å². The summed E-state index contributed by atoms with van der Waals surface area (Å²) in [6.07, 6.45) is 1.46. The lowest BCUT2D eigenvalue weighted by Crippen LogP contribution is -2.31. The van der Waals surface area contributed by atoms with Crippen LogP contribution in [-0.4, -0.2) is 17.6 Å². The summed E-state index contributed by atoms with van der Waals surface area (Å²) in [5, 5.41) is 19.8. The molecule has 3 aromatic rings. The lowest BCUT2D eigenvalue weighted by Gasteiger charge is -2.28. The van der Waals surface area contributed by atoms with Gasteiger partial charge < -0.3 is 20.4 Å². The van der Waals surface area contributed by atoms with Gasteiger partial charge in [-0.2, -0.15) is 5.26 Å². The first-order valence-corrected chi connectivity index (χ1v) is 12.5. The monoisotopic (exact) mass is 536 g/mol. The topological polar surface area (TPSA) is 107 Å². The standard InChI is InChI=1S/C27H22ClFN4O3S/c1-15-20(28)5-3-6-21(15)33-23(34)14-37-27-19(13-30)25(22-7-4-12-36-22)24(16(2)31-27)26(35)32-18-10-8-17(29)9-11-18/h3-12,25,31H,14H2,1-2H3,(H,32,35)(H,33,34)/t25-/m1/s1. The Kier molecular flexibility index (Phi) is 8.01. The van der Waals surface area contributed by atoms with E-state index < -0.39 is 17.6 Å². The normalized spacial score (nSPS) is 15.2. The van der Waals surface area contributed by atoms with E-state index in [1.54, 1.807) is 37.3 Å². The summed E-state index contributed by atoms with van der Waals surface area (Å²) in [6.45, 7) is 3.52. The highest BCUT2D eigenvalue weighted by atomic mass is 35.5. The van der Waals surface area contributed by atoms with Crippen LogP contribution in [0.2, 0.25) is 5.02 Å². The molecule has 0 saturated carbocycles. The number of benzene rings is 2. The molecule has 7 nitrogen and oxygen atoms in total. The Balaban J connectivity index is 1.58. The molecule has 0 aliphatic carbocycles. The van der Waals surface area contributed by atoms with Crippen LogP contribution in [0, 0.1) is 24.1 Å². The van der Waals surface area contributed by atoms with Gasteiger partial charge in [0.15, 0.2) is 0 Å². The smallest absolute Gasteiger partial charge is 0.254 e. The molecule has 0 unspecified atom stereocenters. The van der Waals surface area contributed by atoms with E-state index in [0.29, 0.717) is 32.9 Å². The number of halogens is 2. The number of nitrogens with one attached hydrogen (secondary N) is 3. The number of nitriles is 1. The fraction of sp³-hybridized carbons (Fsp3) is 0.148. The highest BCUT2D eigenvalue weighted by Gasteiger charge is 2.36. The summed E-state index contributed by atoms with van der Waals surface area (Å²) in [7, 11) is 0. The first-order chi connectivity index (χ1) is 17.8. The summed E-state index contributed by atoms with van der Waals surface area (Å²) < 4.78 is 18.9. The van der Waals surface area contributed by atoms with Crippen molar-refractivity contribution in [3.63, 3.8) is 0 Å². The van der Waals surface area contributed by atoms with Crippen molar-refractivity contribution < 1.29 is 18.4 Å². The minimum absolute atomic E-state index is 0.00866. The fourth-order valence-electron chi connectivity index (χ4n) is 3.87. The van der Waals surface area contributed by atoms with Gasteiger partial charge in [-0.1, -0.05) is 29.4 Å². The Morgan fingerprint density at radius 3 is 2.57 bits per heavy atom. The summed E-state index contributed by atoms with van der Waals surface area (Å²) in [6, 6.07) is 16.2. The van der Waals surface area contributed by atoms with Gasteiger partial charge in [0.2, 0.25) is 5.91 Å². The number of amides is 2. The Hall–Kier alpha value is -4.00. The SMILES string of the molecule is CC1=C(C(=O)Nc2ccc(F)cc2)[C@@H](c2ccco2)C(C#N)=C(SCC(=O)Nc2cccc(Cl)c2C)N1. The molecule has 0 bridgehead atoms. The van der Waals surface area contributed by atoms with Gasteiger partial charge in [0.25, 0.3) is 5.91 Å². The van der Waals surface area contributed by atoms with Gasteiger partial charge in [0, 0.05) is 22.1 Å². The second kappa shape index (κ2) is 11.4. The molecular weight excluding hydrogens is 515 g/mol. The zero-order chi connectivity index (χ0) is 26.5. The second-order valence-electron chi connectivity index (χ2n) is 8.18. The maximum absolute atomic E-state index is 13.3. The minimum Gasteiger partial charge on any atom is -0.468 e. The average Bonchev–Trinajstić information content (AvgIpc) is 3.41. The van der Waals surface area contributed by atoms with Crippen LogP contribution in [0.25, 0.3) is 0 Å². The van der Waals surface area contributed by atoms with Crippen LogP contribution in [0.1, 0.15) is 24.2 Å². The van der Waals surface area contributed by atoms with E-state index >= 15 is 0 Å². The average molecular weight is 537 g/mol. The number of carbonyl (C=O) groups excluding carboxylic acids is 2. The van der Waals surface area contributed by atoms with Gasteiger partial charge in [-0.3, -0.25) is 9.59 Å². The van der Waals surface area contributed by atoms with Crippen LogP contribution >= 0.6 is 23.4 Å². The van der Waals surface area contributed by atoms with Gasteiger partial charge in [0.05, 0.1) is 40.2 Å². The zero-order valence-corrected chi connectivity index (χ0v) is 21.5. The molecule has 0 fully saturated rings. The van der Waals surface area contributed by atoms with E-state index in [-0.39, 0.29) is 22.8 Å². The summed E-state index contributed by atoms with van der Waals surface area (Å²) in [4.78, 5) is 26.0. The number of hydrogen-bond donors (Lipinski definition) is 3. The third-order valence-electron chi connectivity index (χ3n) is 5.71. The lowest BCUT2D eigenvalue weighted by molar-refractivity contribution is -0.114. The number of thioether (sulfide) groups is 1. The third kappa shape index (κ3) is 5.88. The number of nitrogens with zero attached hydrogens (tertiary/aromatic N) is 1. The van der Waals surface area contributed by atoms with Gasteiger partial charge in [-0.15, -0.1) is 0 Å². The van der Waals surface area contributed by atoms with E-state index in [1.807, 2.05) is 6.92 Å². The van der Waals surface area contributed by atoms with Gasteiger partial charge >= 0.3 is 0 Å². The van der Waals surface area contributed by atoms with E-state index in [4.69, 9.17) is 16.0 Å². The number of furan rings is 1. The number of hydrogen-bond acceptors (Lipinski definition) is 6. The number of carbonyl (C=O) groups is 2. The number of allylic oxidation sites excluding steroid dienone is 2. The van der Waals surface area contributed by atoms with Gasteiger partial charge in [-0.05, 0) is 67.9 Å². The maximum Gasteiger partial charge on any atom is 0.254 e. The minimum atomic E-state index is -0.803. The van der Waals surface area contributed by atoms with Crippen LogP contribution in [0.5, 0.6) is 0 Å². The molecule has 1 aromatic heterocycles. The van der Waals surface area contributed by atoms with Crippen molar-refractivity contribution in [2.45, 2.75) is 19.8 Å². The highest BCUT2D eigenvalue weighted by Crippen LogP contribution is 2.41.